The van der Waals surface area contributed by atoms with Crippen LogP contribution in [0, 0.1) is 0 Å². The number of carbonyl (C=O) groups is 3. The predicted molar refractivity (Wildman–Crippen MR) is 217 cm³/mol. The van der Waals surface area contributed by atoms with Crippen molar-refractivity contribution in [1.29, 1.82) is 0 Å². The van der Waals surface area contributed by atoms with Crippen LogP contribution in [0.15, 0.2) is 120 Å². The highest BCUT2D eigenvalue weighted by atomic mass is 35.5. The molecule has 3 heterocycles. The van der Waals surface area contributed by atoms with Gasteiger partial charge in [-0.05, 0) is 65.7 Å². The molecule has 0 saturated carbocycles. The van der Waals surface area contributed by atoms with E-state index in [9.17, 15) is 19.5 Å². The van der Waals surface area contributed by atoms with E-state index in [4.69, 9.17) is 42.2 Å². The zero-order valence-corrected chi connectivity index (χ0v) is 32.2. The van der Waals surface area contributed by atoms with Gasteiger partial charge in [0.1, 0.15) is 41.4 Å². The van der Waals surface area contributed by atoms with Crippen LogP contribution in [0.2, 0.25) is 10.0 Å². The van der Waals surface area contributed by atoms with Crippen LogP contribution in [0.25, 0.3) is 0 Å². The van der Waals surface area contributed by atoms with Gasteiger partial charge in [0.05, 0.1) is 18.7 Å². The molecular formula is C42H36BCl2N5O7. The standard InChI is InChI=1S/C42H36BCl2N5O7/c1-55-32-16-17-33(34(51)24-32)40-47-38(26-7-12-30(44)13-8-26)39(27-9-14-31(45)15-10-27)50(40)42(54)49-22-21-48(37(52)25-49)20-19-46-41(53)28-11-18-35-36(23-28)57-43(56-35)29-5-3-2-4-6-29/h2-18,23-24,38-39,51H,19-22,25H2,1H3,(H,46,53)/t38-,39+/m0/s1. The van der Waals surface area contributed by atoms with Crippen molar-refractivity contribution in [1.82, 2.24) is 20.0 Å². The summed E-state index contributed by atoms with van der Waals surface area (Å²) in [6, 6.07) is 32.0. The largest absolute Gasteiger partial charge is 0.632 e. The quantitative estimate of drug-likeness (QED) is 0.172. The van der Waals surface area contributed by atoms with Crippen LogP contribution in [0.3, 0.4) is 0 Å². The molecule has 3 aliphatic rings. The first-order valence-electron chi connectivity index (χ1n) is 18.3. The third-order valence-electron chi connectivity index (χ3n) is 10.1. The second-order valence-electron chi connectivity index (χ2n) is 13.7. The van der Waals surface area contributed by atoms with Crippen LogP contribution < -0.4 is 24.8 Å². The first-order chi connectivity index (χ1) is 27.7. The van der Waals surface area contributed by atoms with Gasteiger partial charge in [0.15, 0.2) is 0 Å². The van der Waals surface area contributed by atoms with E-state index in [1.165, 1.54) is 18.1 Å². The molecule has 5 aromatic carbocycles. The van der Waals surface area contributed by atoms with Crippen molar-refractivity contribution in [3.8, 4) is 23.0 Å². The monoisotopic (exact) mass is 803 g/mol. The molecule has 0 spiro atoms. The Hall–Kier alpha value is -6.18. The Kier molecular flexibility index (Phi) is 10.7. The van der Waals surface area contributed by atoms with Gasteiger partial charge in [-0.15, -0.1) is 0 Å². The average molecular weight is 804 g/mol. The maximum absolute atomic E-state index is 14.8. The second kappa shape index (κ2) is 16.1. The van der Waals surface area contributed by atoms with E-state index >= 15 is 0 Å². The maximum Gasteiger partial charge on any atom is 0.632 e. The van der Waals surface area contributed by atoms with E-state index in [1.807, 2.05) is 54.6 Å². The van der Waals surface area contributed by atoms with E-state index in [2.05, 4.69) is 5.32 Å². The number of piperazine rings is 1. The normalized spacial score (nSPS) is 17.5. The number of rotatable bonds is 9. The van der Waals surface area contributed by atoms with E-state index in [0.29, 0.717) is 38.4 Å². The number of fused-ring (bicyclic) bond motifs is 1. The highest BCUT2D eigenvalue weighted by molar-refractivity contribution is 6.63. The minimum absolute atomic E-state index is 0.127. The van der Waals surface area contributed by atoms with E-state index in [-0.39, 0.29) is 56.1 Å². The number of nitrogens with zero attached hydrogens (tertiary/aromatic N) is 4. The molecule has 2 atom stereocenters. The molecular weight excluding hydrogens is 768 g/mol. The molecule has 2 N–H and O–H groups in total. The van der Waals surface area contributed by atoms with Crippen molar-refractivity contribution < 1.29 is 33.5 Å². The number of ether oxygens (including phenoxy) is 1. The number of amidine groups is 1. The Morgan fingerprint density at radius 3 is 2.26 bits per heavy atom. The van der Waals surface area contributed by atoms with Crippen LogP contribution in [-0.4, -0.2) is 90.4 Å². The van der Waals surface area contributed by atoms with Crippen LogP contribution in [0.4, 0.5) is 4.79 Å². The molecule has 0 radical (unpaired) electrons. The van der Waals surface area contributed by atoms with Crippen molar-refractivity contribution in [3.05, 3.63) is 148 Å². The summed E-state index contributed by atoms with van der Waals surface area (Å²) in [5, 5.41) is 15.2. The zero-order valence-electron chi connectivity index (χ0n) is 30.7. The molecule has 4 amide bonds. The molecule has 5 aromatic rings. The van der Waals surface area contributed by atoms with E-state index < -0.39 is 25.2 Å². The molecule has 0 bridgehead atoms. The lowest BCUT2D eigenvalue weighted by Gasteiger charge is -2.38. The number of carbonyl (C=O) groups excluding carboxylic acids is 3. The number of nitrogens with one attached hydrogen (secondary N) is 1. The van der Waals surface area contributed by atoms with Gasteiger partial charge in [-0.2, -0.15) is 0 Å². The number of hydrogen-bond donors (Lipinski definition) is 2. The number of hydrogen-bond acceptors (Lipinski definition) is 8. The summed E-state index contributed by atoms with van der Waals surface area (Å²) in [4.78, 5) is 51.2. The highest BCUT2D eigenvalue weighted by Gasteiger charge is 2.45. The van der Waals surface area contributed by atoms with Crippen LogP contribution in [0.1, 0.15) is 39.1 Å². The van der Waals surface area contributed by atoms with Gasteiger partial charge in [0.2, 0.25) is 5.91 Å². The van der Waals surface area contributed by atoms with Gasteiger partial charge < -0.3 is 34.3 Å². The molecule has 0 unspecified atom stereocenters. The molecule has 0 aliphatic carbocycles. The number of urea groups is 1. The molecule has 12 nitrogen and oxygen atoms in total. The fourth-order valence-electron chi connectivity index (χ4n) is 7.19. The topological polar surface area (TPSA) is 133 Å². The summed E-state index contributed by atoms with van der Waals surface area (Å²) in [6.07, 6.45) is 0. The number of phenolic OH excluding ortho intramolecular Hbond substituents is 1. The summed E-state index contributed by atoms with van der Waals surface area (Å²) in [5.74, 6) is 0.958. The Balaban J connectivity index is 0.970. The van der Waals surface area contributed by atoms with Crippen LogP contribution in [-0.2, 0) is 4.79 Å². The van der Waals surface area contributed by atoms with Gasteiger partial charge in [0.25, 0.3) is 5.91 Å². The summed E-state index contributed by atoms with van der Waals surface area (Å²) in [7, 11) is 0.901. The van der Waals surface area contributed by atoms with Gasteiger partial charge in [-0.3, -0.25) is 19.5 Å². The number of halogens is 2. The Morgan fingerprint density at radius 1 is 0.877 bits per heavy atom. The lowest BCUT2D eigenvalue weighted by atomic mass is 9.79. The highest BCUT2D eigenvalue weighted by Crippen LogP contribution is 2.46. The lowest BCUT2D eigenvalue weighted by molar-refractivity contribution is -0.134. The number of amides is 4. The number of methoxy groups -OCH3 is 1. The fourth-order valence-corrected chi connectivity index (χ4v) is 7.44. The first kappa shape index (κ1) is 37.7. The molecule has 288 valence electrons. The molecule has 15 heteroatoms. The van der Waals surface area contributed by atoms with Crippen molar-refractivity contribution in [3.63, 3.8) is 0 Å². The Morgan fingerprint density at radius 2 is 1.58 bits per heavy atom. The van der Waals surface area contributed by atoms with Crippen LogP contribution in [0.5, 0.6) is 23.0 Å². The number of phenols is 1. The summed E-state index contributed by atoms with van der Waals surface area (Å²) in [6.45, 7) is 0.706. The van der Waals surface area contributed by atoms with E-state index in [0.717, 1.165) is 16.6 Å². The third kappa shape index (κ3) is 7.81. The zero-order chi connectivity index (χ0) is 39.6. The molecule has 8 rings (SSSR count). The van der Waals surface area contributed by atoms with Crippen molar-refractivity contribution in [2.75, 3.05) is 39.8 Å². The summed E-state index contributed by atoms with van der Waals surface area (Å²) >= 11 is 12.5. The van der Waals surface area contributed by atoms with E-state index in [1.54, 1.807) is 64.4 Å². The third-order valence-corrected chi connectivity index (χ3v) is 10.6. The number of aromatic hydroxyl groups is 1. The van der Waals surface area contributed by atoms with Gasteiger partial charge >= 0.3 is 13.1 Å². The lowest BCUT2D eigenvalue weighted by Crippen LogP contribution is -2.57. The van der Waals surface area contributed by atoms with Crippen molar-refractivity contribution in [2.24, 2.45) is 4.99 Å². The maximum atomic E-state index is 14.8. The average Bonchev–Trinajstić information content (AvgIpc) is 3.84. The fraction of sp³-hybridized carbons (Fsp3) is 0.190. The molecule has 1 saturated heterocycles. The number of benzene rings is 5. The second-order valence-corrected chi connectivity index (χ2v) is 14.6. The molecule has 3 aliphatic heterocycles. The van der Waals surface area contributed by atoms with Crippen molar-refractivity contribution in [2.45, 2.75) is 12.1 Å². The van der Waals surface area contributed by atoms with Gasteiger partial charge in [0, 0.05) is 53.3 Å². The molecule has 1 fully saturated rings. The minimum Gasteiger partial charge on any atom is -0.519 e. The SMILES string of the molecule is COc1ccc(C2=N[C@@H](c3ccc(Cl)cc3)[C@@H](c3ccc(Cl)cc3)N2C(=O)N2CCN(CCNC(=O)c3ccc4c(c3)OB(c3ccccc3)O4)C(=O)C2)c(O)c1. The molecule has 57 heavy (non-hydrogen) atoms. The van der Waals surface area contributed by atoms with Crippen LogP contribution >= 0.6 is 23.2 Å². The number of aliphatic imine (C=N–C) groups is 1. The summed E-state index contributed by atoms with van der Waals surface area (Å²) in [5.41, 5.74) is 3.11. The van der Waals surface area contributed by atoms with Crippen molar-refractivity contribution >= 4 is 59.5 Å². The first-order valence-corrected chi connectivity index (χ1v) is 19.0. The Labute approximate surface area is 339 Å². The smallest absolute Gasteiger partial charge is 0.519 e. The van der Waals surface area contributed by atoms with Gasteiger partial charge in [-0.25, -0.2) is 4.79 Å². The minimum atomic E-state index is -0.670. The summed E-state index contributed by atoms with van der Waals surface area (Å²) < 4.78 is 17.2. The molecule has 0 aromatic heterocycles. The predicted octanol–water partition coefficient (Wildman–Crippen LogP) is 6.11. The Bertz CT molecular complexity index is 2350. The van der Waals surface area contributed by atoms with Gasteiger partial charge in [-0.1, -0.05) is 77.8 Å².